The molecule has 0 aromatic heterocycles. The first-order valence-electron chi connectivity index (χ1n) is 10.7. The molecule has 1 aromatic rings. The number of piperidine rings is 2. The van der Waals surface area contributed by atoms with Crippen LogP contribution in [0.4, 0.5) is 13.2 Å². The fraction of sp³-hybridized carbons (Fsp3) is 0.591. The highest BCUT2D eigenvalue weighted by molar-refractivity contribution is 6.40. The minimum atomic E-state index is -4.38. The van der Waals surface area contributed by atoms with Crippen LogP contribution in [0.1, 0.15) is 43.2 Å². The number of likely N-dealkylation sites (tertiary alicyclic amines) is 2. The molecule has 0 radical (unpaired) electrons. The van der Waals surface area contributed by atoms with Crippen molar-refractivity contribution in [3.63, 3.8) is 0 Å². The van der Waals surface area contributed by atoms with Crippen molar-refractivity contribution >= 4 is 17.5 Å². The van der Waals surface area contributed by atoms with Crippen molar-refractivity contribution in [3.8, 4) is 0 Å². The molecule has 2 amide bonds. The van der Waals surface area contributed by atoms with Crippen LogP contribution in [-0.4, -0.2) is 71.6 Å². The molecule has 31 heavy (non-hydrogen) atoms. The lowest BCUT2D eigenvalue weighted by Crippen LogP contribution is -2.52. The summed E-state index contributed by atoms with van der Waals surface area (Å²) < 4.78 is 40.1. The topological polar surface area (TPSA) is 56.2 Å². The summed E-state index contributed by atoms with van der Waals surface area (Å²) in [5.41, 5.74) is 0.253. The quantitative estimate of drug-likeness (QED) is 0.716. The SMILES string of the molecule is CC(=O)N1CCC2C(C(=O)N3CCC(c4ccccc4C(F)(F)F)CC3)=NN(C)C2C1. The number of halogens is 3. The third-order valence-electron chi connectivity index (χ3n) is 6.83. The number of carbonyl (C=O) groups excluding carboxylic acids is 2. The molecule has 0 saturated carbocycles. The highest BCUT2D eigenvalue weighted by atomic mass is 19.4. The van der Waals surface area contributed by atoms with Crippen LogP contribution in [0, 0.1) is 5.92 Å². The number of nitrogens with zero attached hydrogens (tertiary/aromatic N) is 4. The van der Waals surface area contributed by atoms with Crippen molar-refractivity contribution in [2.45, 2.75) is 44.3 Å². The number of likely N-dealkylation sites (N-methyl/N-ethyl adjacent to an activating group) is 1. The number of hydrogen-bond donors (Lipinski definition) is 0. The molecule has 1 aromatic carbocycles. The first-order chi connectivity index (χ1) is 14.7. The van der Waals surface area contributed by atoms with Gasteiger partial charge in [-0.2, -0.15) is 18.3 Å². The van der Waals surface area contributed by atoms with E-state index in [9.17, 15) is 22.8 Å². The summed E-state index contributed by atoms with van der Waals surface area (Å²) >= 11 is 0. The Kier molecular flexibility index (Phi) is 5.70. The van der Waals surface area contributed by atoms with E-state index in [4.69, 9.17) is 0 Å². The van der Waals surface area contributed by atoms with Crippen LogP contribution in [0.5, 0.6) is 0 Å². The van der Waals surface area contributed by atoms with Crippen LogP contribution < -0.4 is 0 Å². The standard InChI is InChI=1S/C22H27F3N4O2/c1-14(30)29-12-9-17-19(13-29)27(2)26-20(17)21(31)28-10-7-15(8-11-28)16-5-3-4-6-18(16)22(23,24)25/h3-6,15,17,19H,7-13H2,1-2H3. The largest absolute Gasteiger partial charge is 0.416 e. The van der Waals surface area contributed by atoms with Crippen molar-refractivity contribution in [1.82, 2.24) is 14.8 Å². The summed E-state index contributed by atoms with van der Waals surface area (Å²) in [6.45, 7) is 3.52. The zero-order chi connectivity index (χ0) is 22.3. The van der Waals surface area contributed by atoms with Crippen LogP contribution in [0.15, 0.2) is 29.4 Å². The fourth-order valence-electron chi connectivity index (χ4n) is 5.10. The Hall–Kier alpha value is -2.58. The predicted molar refractivity (Wildman–Crippen MR) is 109 cm³/mol. The smallest absolute Gasteiger partial charge is 0.341 e. The molecule has 3 aliphatic rings. The first-order valence-corrected chi connectivity index (χ1v) is 10.7. The number of amides is 2. The van der Waals surface area contributed by atoms with Gasteiger partial charge in [0, 0.05) is 46.1 Å². The van der Waals surface area contributed by atoms with E-state index in [1.54, 1.807) is 33.9 Å². The van der Waals surface area contributed by atoms with Gasteiger partial charge >= 0.3 is 6.18 Å². The zero-order valence-electron chi connectivity index (χ0n) is 17.7. The fourth-order valence-corrected chi connectivity index (χ4v) is 5.10. The molecule has 2 fully saturated rings. The zero-order valence-corrected chi connectivity index (χ0v) is 17.7. The van der Waals surface area contributed by atoms with Crippen molar-refractivity contribution in [2.24, 2.45) is 11.0 Å². The molecule has 2 atom stereocenters. The molecule has 3 aliphatic heterocycles. The van der Waals surface area contributed by atoms with E-state index in [1.165, 1.54) is 6.07 Å². The number of carbonyl (C=O) groups is 2. The van der Waals surface area contributed by atoms with Gasteiger partial charge in [-0.3, -0.25) is 14.6 Å². The Morgan fingerprint density at radius 1 is 1.03 bits per heavy atom. The molecule has 0 bridgehead atoms. The van der Waals surface area contributed by atoms with E-state index < -0.39 is 11.7 Å². The van der Waals surface area contributed by atoms with Gasteiger partial charge in [0.15, 0.2) is 0 Å². The Morgan fingerprint density at radius 2 is 1.68 bits per heavy atom. The summed E-state index contributed by atoms with van der Waals surface area (Å²) in [5, 5.41) is 6.27. The third-order valence-corrected chi connectivity index (χ3v) is 6.83. The maximum Gasteiger partial charge on any atom is 0.416 e. The molecular formula is C22H27F3N4O2. The average molecular weight is 436 g/mol. The molecule has 3 heterocycles. The Morgan fingerprint density at radius 3 is 2.32 bits per heavy atom. The molecular weight excluding hydrogens is 409 g/mol. The number of hydrogen-bond acceptors (Lipinski definition) is 4. The minimum absolute atomic E-state index is 0.00667. The highest BCUT2D eigenvalue weighted by Crippen LogP contribution is 2.39. The van der Waals surface area contributed by atoms with Gasteiger partial charge < -0.3 is 9.80 Å². The molecule has 6 nitrogen and oxygen atoms in total. The van der Waals surface area contributed by atoms with Gasteiger partial charge in [0.05, 0.1) is 11.6 Å². The van der Waals surface area contributed by atoms with Gasteiger partial charge in [0.2, 0.25) is 5.91 Å². The van der Waals surface area contributed by atoms with Crippen LogP contribution in [-0.2, 0) is 15.8 Å². The van der Waals surface area contributed by atoms with Crippen LogP contribution in [0.2, 0.25) is 0 Å². The van der Waals surface area contributed by atoms with E-state index in [0.29, 0.717) is 56.7 Å². The van der Waals surface area contributed by atoms with Crippen molar-refractivity contribution in [1.29, 1.82) is 0 Å². The molecule has 4 rings (SSSR count). The van der Waals surface area contributed by atoms with Crippen molar-refractivity contribution < 1.29 is 22.8 Å². The predicted octanol–water partition coefficient (Wildman–Crippen LogP) is 2.95. The summed E-state index contributed by atoms with van der Waals surface area (Å²) in [4.78, 5) is 28.4. The monoisotopic (exact) mass is 436 g/mol. The Balaban J connectivity index is 1.42. The molecule has 0 N–H and O–H groups in total. The minimum Gasteiger partial charge on any atom is -0.341 e. The van der Waals surface area contributed by atoms with Gasteiger partial charge in [-0.15, -0.1) is 0 Å². The number of rotatable bonds is 2. The maximum atomic E-state index is 13.4. The second-order valence-corrected chi connectivity index (χ2v) is 8.64. The second-order valence-electron chi connectivity index (χ2n) is 8.64. The molecule has 0 aliphatic carbocycles. The Bertz CT molecular complexity index is 893. The number of benzene rings is 1. The summed E-state index contributed by atoms with van der Waals surface area (Å²) in [6, 6.07) is 5.72. The summed E-state index contributed by atoms with van der Waals surface area (Å²) in [5.74, 6) is -0.343. The van der Waals surface area contributed by atoms with E-state index in [-0.39, 0.29) is 29.7 Å². The summed E-state index contributed by atoms with van der Waals surface area (Å²) in [6.07, 6.45) is -2.70. The second kappa shape index (κ2) is 8.16. The van der Waals surface area contributed by atoms with Gasteiger partial charge in [-0.05, 0) is 36.8 Å². The maximum absolute atomic E-state index is 13.4. The van der Waals surface area contributed by atoms with E-state index in [0.717, 1.165) is 6.07 Å². The summed E-state index contributed by atoms with van der Waals surface area (Å²) in [7, 11) is 1.82. The van der Waals surface area contributed by atoms with Crippen molar-refractivity contribution in [3.05, 3.63) is 35.4 Å². The lowest BCUT2D eigenvalue weighted by atomic mass is 9.85. The molecule has 168 valence electrons. The molecule has 2 saturated heterocycles. The van der Waals surface area contributed by atoms with E-state index in [2.05, 4.69) is 5.10 Å². The first kappa shape index (κ1) is 21.6. The van der Waals surface area contributed by atoms with Crippen molar-refractivity contribution in [2.75, 3.05) is 33.2 Å². The number of alkyl halides is 3. The number of hydrazone groups is 1. The van der Waals surface area contributed by atoms with E-state index >= 15 is 0 Å². The lowest BCUT2D eigenvalue weighted by Gasteiger charge is -2.37. The molecule has 2 unspecified atom stereocenters. The van der Waals surface area contributed by atoms with Crippen LogP contribution in [0.25, 0.3) is 0 Å². The lowest BCUT2D eigenvalue weighted by molar-refractivity contribution is -0.138. The van der Waals surface area contributed by atoms with Gasteiger partial charge in [-0.1, -0.05) is 18.2 Å². The van der Waals surface area contributed by atoms with Gasteiger partial charge in [0.1, 0.15) is 5.71 Å². The van der Waals surface area contributed by atoms with Crippen LogP contribution >= 0.6 is 0 Å². The van der Waals surface area contributed by atoms with Gasteiger partial charge in [0.25, 0.3) is 5.91 Å². The van der Waals surface area contributed by atoms with Gasteiger partial charge in [-0.25, -0.2) is 0 Å². The molecule has 9 heteroatoms. The average Bonchev–Trinajstić information content (AvgIpc) is 3.08. The molecule has 0 spiro atoms. The van der Waals surface area contributed by atoms with Crippen LogP contribution in [0.3, 0.4) is 0 Å². The highest BCUT2D eigenvalue weighted by Gasteiger charge is 2.44. The van der Waals surface area contributed by atoms with E-state index in [1.807, 2.05) is 7.05 Å². The Labute approximate surface area is 179 Å². The normalized spacial score (nSPS) is 24.8. The third kappa shape index (κ3) is 4.14. The number of fused-ring (bicyclic) bond motifs is 1.